The summed E-state index contributed by atoms with van der Waals surface area (Å²) in [7, 11) is 0. The zero-order valence-electron chi connectivity index (χ0n) is 8.59. The molecule has 0 saturated heterocycles. The molecule has 16 heavy (non-hydrogen) atoms. The predicted octanol–water partition coefficient (Wildman–Crippen LogP) is 0.831. The van der Waals surface area contributed by atoms with Gasteiger partial charge >= 0.3 is 0 Å². The van der Waals surface area contributed by atoms with Crippen LogP contribution in [0.4, 0.5) is 0 Å². The van der Waals surface area contributed by atoms with Crippen LogP contribution in [0.2, 0.25) is 0 Å². The van der Waals surface area contributed by atoms with Crippen LogP contribution in [0.25, 0.3) is 0 Å². The lowest BCUT2D eigenvalue weighted by atomic mass is 10.1. The largest absolute Gasteiger partial charge is 0.392 e. The fraction of sp³-hybridized carbons (Fsp3) is 0.167. The highest BCUT2D eigenvalue weighted by Gasteiger charge is 2.33. The van der Waals surface area contributed by atoms with E-state index in [1.807, 2.05) is 0 Å². The van der Waals surface area contributed by atoms with E-state index in [-0.39, 0.29) is 25.0 Å². The van der Waals surface area contributed by atoms with Crippen molar-refractivity contribution in [3.63, 3.8) is 0 Å². The number of hydrogen-bond acceptors (Lipinski definition) is 3. The van der Waals surface area contributed by atoms with E-state index in [1.54, 1.807) is 30.3 Å². The molecule has 1 N–H and O–H groups in total. The van der Waals surface area contributed by atoms with E-state index < -0.39 is 0 Å². The molecule has 2 rings (SSSR count). The number of hydrogen-bond donors (Lipinski definition) is 1. The molecule has 1 aromatic carbocycles. The molecule has 0 atom stereocenters. The highest BCUT2D eigenvalue weighted by Crippen LogP contribution is 2.21. The van der Waals surface area contributed by atoms with E-state index in [0.717, 1.165) is 4.90 Å². The number of fused-ring (bicyclic) bond motifs is 1. The molecule has 1 aliphatic heterocycles. The quantitative estimate of drug-likeness (QED) is 0.602. The minimum Gasteiger partial charge on any atom is -0.392 e. The normalized spacial score (nSPS) is 14.9. The summed E-state index contributed by atoms with van der Waals surface area (Å²) in [5.41, 5.74) is 0.898. The van der Waals surface area contributed by atoms with Gasteiger partial charge in [0.25, 0.3) is 11.8 Å². The van der Waals surface area contributed by atoms with Gasteiger partial charge in [-0.3, -0.25) is 14.5 Å². The molecule has 82 valence electrons. The van der Waals surface area contributed by atoms with Crippen molar-refractivity contribution in [1.29, 1.82) is 0 Å². The monoisotopic (exact) mass is 217 g/mol. The van der Waals surface area contributed by atoms with Crippen LogP contribution in [0.3, 0.4) is 0 Å². The van der Waals surface area contributed by atoms with Gasteiger partial charge in [0.2, 0.25) is 0 Å². The van der Waals surface area contributed by atoms with Gasteiger partial charge in [0.05, 0.1) is 17.7 Å². The maximum atomic E-state index is 11.8. The number of amides is 2. The lowest BCUT2D eigenvalue weighted by Gasteiger charge is -2.09. The van der Waals surface area contributed by atoms with E-state index in [9.17, 15) is 9.59 Å². The van der Waals surface area contributed by atoms with Crippen LogP contribution >= 0.6 is 0 Å². The lowest BCUT2D eigenvalue weighted by Crippen LogP contribution is -2.29. The first-order chi connectivity index (χ1) is 7.75. The Kier molecular flexibility index (Phi) is 2.83. The first-order valence-corrected chi connectivity index (χ1v) is 4.97. The second-order valence-electron chi connectivity index (χ2n) is 3.42. The number of carbonyl (C=O) groups excluding carboxylic acids is 2. The van der Waals surface area contributed by atoms with Crippen molar-refractivity contribution in [2.24, 2.45) is 0 Å². The van der Waals surface area contributed by atoms with Crippen LogP contribution in [0.15, 0.2) is 36.4 Å². The van der Waals surface area contributed by atoms with E-state index in [0.29, 0.717) is 11.1 Å². The minimum absolute atomic E-state index is 0.0941. The standard InChI is InChI=1S/C12H11NO3/c14-8-4-3-7-13-11(15)9-5-1-2-6-10(9)12(13)16/h1-6,14H,7-8H2/b4-3-. The Morgan fingerprint density at radius 2 is 1.62 bits per heavy atom. The Morgan fingerprint density at radius 1 is 1.06 bits per heavy atom. The minimum atomic E-state index is -0.275. The van der Waals surface area contributed by atoms with E-state index in [1.165, 1.54) is 6.08 Å². The topological polar surface area (TPSA) is 57.6 Å². The third-order valence-corrected chi connectivity index (χ3v) is 2.44. The Morgan fingerprint density at radius 3 is 2.12 bits per heavy atom. The van der Waals surface area contributed by atoms with Gasteiger partial charge in [0, 0.05) is 6.54 Å². The van der Waals surface area contributed by atoms with Crippen LogP contribution < -0.4 is 0 Å². The Bertz CT molecular complexity index is 430. The van der Waals surface area contributed by atoms with Gasteiger partial charge in [-0.1, -0.05) is 24.3 Å². The maximum Gasteiger partial charge on any atom is 0.261 e. The average Bonchev–Trinajstić information content (AvgIpc) is 2.55. The van der Waals surface area contributed by atoms with Crippen LogP contribution in [0, 0.1) is 0 Å². The summed E-state index contributed by atoms with van der Waals surface area (Å²) in [6.07, 6.45) is 3.10. The summed E-state index contributed by atoms with van der Waals surface area (Å²) in [4.78, 5) is 24.8. The van der Waals surface area contributed by atoms with Crippen molar-refractivity contribution in [2.75, 3.05) is 13.2 Å². The smallest absolute Gasteiger partial charge is 0.261 e. The number of imide groups is 1. The summed E-state index contributed by atoms with van der Waals surface area (Å²) < 4.78 is 0. The molecular weight excluding hydrogens is 206 g/mol. The highest BCUT2D eigenvalue weighted by atomic mass is 16.2. The molecular formula is C12H11NO3. The Labute approximate surface area is 92.8 Å². The zero-order chi connectivity index (χ0) is 11.5. The van der Waals surface area contributed by atoms with Crippen molar-refractivity contribution in [1.82, 2.24) is 4.90 Å². The first-order valence-electron chi connectivity index (χ1n) is 4.97. The summed E-state index contributed by atoms with van der Waals surface area (Å²) in [5.74, 6) is -0.550. The summed E-state index contributed by atoms with van der Waals surface area (Å²) >= 11 is 0. The first kappa shape index (κ1) is 10.6. The molecule has 0 unspecified atom stereocenters. The fourth-order valence-electron chi connectivity index (χ4n) is 1.66. The Hall–Kier alpha value is -1.94. The number of carbonyl (C=O) groups is 2. The predicted molar refractivity (Wildman–Crippen MR) is 58.0 cm³/mol. The third kappa shape index (κ3) is 1.63. The van der Waals surface area contributed by atoms with Crippen molar-refractivity contribution in [2.45, 2.75) is 0 Å². The molecule has 4 heteroatoms. The van der Waals surface area contributed by atoms with Gasteiger partial charge < -0.3 is 5.11 Å². The number of nitrogens with zero attached hydrogens (tertiary/aromatic N) is 1. The highest BCUT2D eigenvalue weighted by molar-refractivity contribution is 6.21. The molecule has 2 amide bonds. The lowest BCUT2D eigenvalue weighted by molar-refractivity contribution is 0.0671. The summed E-state index contributed by atoms with van der Waals surface area (Å²) in [6.45, 7) is 0.107. The van der Waals surface area contributed by atoms with Gasteiger partial charge in [-0.25, -0.2) is 0 Å². The number of rotatable bonds is 3. The maximum absolute atomic E-state index is 11.8. The van der Waals surface area contributed by atoms with Crippen molar-refractivity contribution < 1.29 is 14.7 Å². The van der Waals surface area contributed by atoms with E-state index in [2.05, 4.69) is 0 Å². The fourth-order valence-corrected chi connectivity index (χ4v) is 1.66. The van der Waals surface area contributed by atoms with Gasteiger partial charge in [-0.05, 0) is 12.1 Å². The second kappa shape index (κ2) is 4.28. The summed E-state index contributed by atoms with van der Waals surface area (Å²) in [6, 6.07) is 6.75. The second-order valence-corrected chi connectivity index (χ2v) is 3.42. The number of aliphatic hydroxyl groups excluding tert-OH is 1. The summed E-state index contributed by atoms with van der Waals surface area (Å²) in [5, 5.41) is 8.57. The van der Waals surface area contributed by atoms with Crippen LogP contribution in [-0.4, -0.2) is 35.0 Å². The molecule has 0 radical (unpaired) electrons. The SMILES string of the molecule is O=C1c2ccccc2C(=O)N1C/C=C\CO. The van der Waals surface area contributed by atoms with Gasteiger partial charge in [-0.2, -0.15) is 0 Å². The molecule has 0 aromatic heterocycles. The average molecular weight is 217 g/mol. The van der Waals surface area contributed by atoms with Crippen molar-refractivity contribution in [3.8, 4) is 0 Å². The molecule has 1 heterocycles. The third-order valence-electron chi connectivity index (χ3n) is 2.44. The van der Waals surface area contributed by atoms with Crippen molar-refractivity contribution >= 4 is 11.8 Å². The molecule has 0 saturated carbocycles. The zero-order valence-corrected chi connectivity index (χ0v) is 8.59. The molecule has 1 aromatic rings. The van der Waals surface area contributed by atoms with Gasteiger partial charge in [-0.15, -0.1) is 0 Å². The molecule has 0 spiro atoms. The molecule has 1 aliphatic rings. The van der Waals surface area contributed by atoms with Gasteiger partial charge in [0.15, 0.2) is 0 Å². The molecule has 0 aliphatic carbocycles. The Balaban J connectivity index is 2.25. The van der Waals surface area contributed by atoms with Crippen LogP contribution in [0.1, 0.15) is 20.7 Å². The van der Waals surface area contributed by atoms with Crippen LogP contribution in [0.5, 0.6) is 0 Å². The van der Waals surface area contributed by atoms with Crippen LogP contribution in [-0.2, 0) is 0 Å². The number of benzene rings is 1. The number of aliphatic hydroxyl groups is 1. The van der Waals surface area contributed by atoms with Crippen molar-refractivity contribution in [3.05, 3.63) is 47.5 Å². The molecule has 0 fully saturated rings. The van der Waals surface area contributed by atoms with Gasteiger partial charge in [0.1, 0.15) is 0 Å². The van der Waals surface area contributed by atoms with E-state index in [4.69, 9.17) is 5.11 Å². The van der Waals surface area contributed by atoms with E-state index >= 15 is 0 Å². The molecule has 0 bridgehead atoms. The molecule has 4 nitrogen and oxygen atoms in total.